The summed E-state index contributed by atoms with van der Waals surface area (Å²) in [6.45, 7) is 2.66. The molecule has 0 aliphatic carbocycles. The number of aromatic nitrogens is 2. The van der Waals surface area contributed by atoms with Gasteiger partial charge in [0.15, 0.2) is 0 Å². The predicted molar refractivity (Wildman–Crippen MR) is 75.1 cm³/mol. The molecule has 3 nitrogen and oxygen atoms in total. The molecule has 1 heterocycles. The highest BCUT2D eigenvalue weighted by Gasteiger charge is 2.04. The smallest absolute Gasteiger partial charge is 0.0660 e. The summed E-state index contributed by atoms with van der Waals surface area (Å²) in [5.41, 5.74) is 7.97. The molecule has 1 aromatic carbocycles. The lowest BCUT2D eigenvalue weighted by atomic mass is 10.1. The van der Waals surface area contributed by atoms with E-state index in [1.807, 2.05) is 36.1 Å². The number of hydrogen-bond donors (Lipinski definition) is 1. The summed E-state index contributed by atoms with van der Waals surface area (Å²) < 4.78 is 1.87. The summed E-state index contributed by atoms with van der Waals surface area (Å²) in [6.07, 6.45) is 4.69. The van der Waals surface area contributed by atoms with E-state index in [0.29, 0.717) is 16.6 Å². The van der Waals surface area contributed by atoms with Crippen molar-refractivity contribution in [2.75, 3.05) is 0 Å². The Balaban J connectivity index is 2.08. The van der Waals surface area contributed by atoms with E-state index in [-0.39, 0.29) is 6.04 Å². The molecule has 2 aromatic rings. The fourth-order valence-corrected chi connectivity index (χ4v) is 2.12. The second-order valence-corrected chi connectivity index (χ2v) is 5.29. The first-order valence-electron chi connectivity index (χ1n) is 5.75. The van der Waals surface area contributed by atoms with Crippen LogP contribution in [0.3, 0.4) is 0 Å². The molecule has 96 valence electrons. The normalized spacial score (nSPS) is 12.7. The summed E-state index contributed by atoms with van der Waals surface area (Å²) >= 11 is 11.9. The van der Waals surface area contributed by atoms with Gasteiger partial charge in [0, 0.05) is 12.2 Å². The average molecular weight is 284 g/mol. The van der Waals surface area contributed by atoms with Gasteiger partial charge < -0.3 is 5.73 Å². The van der Waals surface area contributed by atoms with Crippen LogP contribution in [-0.4, -0.2) is 15.8 Å². The van der Waals surface area contributed by atoms with Gasteiger partial charge in [-0.15, -0.1) is 0 Å². The van der Waals surface area contributed by atoms with E-state index >= 15 is 0 Å². The van der Waals surface area contributed by atoms with Crippen LogP contribution in [0.2, 0.25) is 10.0 Å². The van der Waals surface area contributed by atoms with Crippen LogP contribution in [0.5, 0.6) is 0 Å². The molecule has 1 unspecified atom stereocenters. The van der Waals surface area contributed by atoms with Gasteiger partial charge in [-0.3, -0.25) is 4.68 Å². The first kappa shape index (κ1) is 13.4. The number of rotatable bonds is 4. The number of benzene rings is 1. The minimum atomic E-state index is 0.146. The van der Waals surface area contributed by atoms with Crippen LogP contribution in [0.15, 0.2) is 30.6 Å². The fourth-order valence-electron chi connectivity index (χ4n) is 1.80. The molecule has 0 aliphatic rings. The van der Waals surface area contributed by atoms with E-state index in [1.54, 1.807) is 6.07 Å². The zero-order valence-electron chi connectivity index (χ0n) is 10.1. The van der Waals surface area contributed by atoms with Crippen molar-refractivity contribution in [3.05, 3.63) is 51.8 Å². The Hall–Kier alpha value is -1.03. The quantitative estimate of drug-likeness (QED) is 0.937. The minimum Gasteiger partial charge on any atom is -0.328 e. The number of nitrogens with zero attached hydrogens (tertiary/aromatic N) is 2. The topological polar surface area (TPSA) is 43.8 Å². The first-order valence-corrected chi connectivity index (χ1v) is 6.51. The molecule has 0 fully saturated rings. The van der Waals surface area contributed by atoms with Crippen LogP contribution in [0.25, 0.3) is 0 Å². The Labute approximate surface area is 117 Å². The molecule has 2 N–H and O–H groups in total. The Morgan fingerprint density at radius 1 is 1.28 bits per heavy atom. The molecule has 1 aromatic heterocycles. The van der Waals surface area contributed by atoms with Gasteiger partial charge in [-0.1, -0.05) is 29.3 Å². The van der Waals surface area contributed by atoms with E-state index < -0.39 is 0 Å². The molecular formula is C13H15Cl2N3. The highest BCUT2D eigenvalue weighted by molar-refractivity contribution is 6.42. The highest BCUT2D eigenvalue weighted by Crippen LogP contribution is 2.22. The van der Waals surface area contributed by atoms with E-state index in [9.17, 15) is 0 Å². The molecule has 0 saturated heterocycles. The largest absolute Gasteiger partial charge is 0.328 e. The van der Waals surface area contributed by atoms with Crippen LogP contribution < -0.4 is 5.73 Å². The SMILES string of the molecule is CC(N)Cc1cnn(Cc2ccc(Cl)c(Cl)c2)c1. The fraction of sp³-hybridized carbons (Fsp3) is 0.308. The number of halogens is 2. The van der Waals surface area contributed by atoms with E-state index in [2.05, 4.69) is 5.10 Å². The van der Waals surface area contributed by atoms with Crippen LogP contribution >= 0.6 is 23.2 Å². The van der Waals surface area contributed by atoms with Crippen molar-refractivity contribution in [2.24, 2.45) is 5.73 Å². The Morgan fingerprint density at radius 2 is 2.06 bits per heavy atom. The van der Waals surface area contributed by atoms with Gasteiger partial charge in [-0.05, 0) is 36.6 Å². The first-order chi connectivity index (χ1) is 8.54. The lowest BCUT2D eigenvalue weighted by Crippen LogP contribution is -2.17. The molecule has 2 rings (SSSR count). The molecule has 0 aliphatic heterocycles. The van der Waals surface area contributed by atoms with Crippen molar-refractivity contribution in [2.45, 2.75) is 25.9 Å². The number of hydrogen-bond acceptors (Lipinski definition) is 2. The van der Waals surface area contributed by atoms with Crippen molar-refractivity contribution in [3.8, 4) is 0 Å². The summed E-state index contributed by atoms with van der Waals surface area (Å²) in [5.74, 6) is 0. The van der Waals surface area contributed by atoms with Crippen molar-refractivity contribution in [1.29, 1.82) is 0 Å². The van der Waals surface area contributed by atoms with E-state index in [4.69, 9.17) is 28.9 Å². The highest BCUT2D eigenvalue weighted by atomic mass is 35.5. The molecular weight excluding hydrogens is 269 g/mol. The summed E-state index contributed by atoms with van der Waals surface area (Å²) in [6, 6.07) is 5.75. The maximum atomic E-state index is 5.98. The number of nitrogens with two attached hydrogens (primary N) is 1. The monoisotopic (exact) mass is 283 g/mol. The Morgan fingerprint density at radius 3 is 2.72 bits per heavy atom. The maximum Gasteiger partial charge on any atom is 0.0660 e. The lowest BCUT2D eigenvalue weighted by Gasteiger charge is -2.04. The Kier molecular flexibility index (Phi) is 4.27. The van der Waals surface area contributed by atoms with Crippen LogP contribution in [0, 0.1) is 0 Å². The van der Waals surface area contributed by atoms with Crippen LogP contribution in [-0.2, 0) is 13.0 Å². The molecule has 18 heavy (non-hydrogen) atoms. The predicted octanol–water partition coefficient (Wildman–Crippen LogP) is 3.13. The third-order valence-electron chi connectivity index (χ3n) is 2.57. The average Bonchev–Trinajstić information content (AvgIpc) is 2.70. The van der Waals surface area contributed by atoms with Gasteiger partial charge >= 0.3 is 0 Å². The van der Waals surface area contributed by atoms with Gasteiger partial charge in [-0.25, -0.2) is 0 Å². The summed E-state index contributed by atoms with van der Waals surface area (Å²) in [5, 5.41) is 5.44. The van der Waals surface area contributed by atoms with Crippen LogP contribution in [0.4, 0.5) is 0 Å². The molecule has 5 heteroatoms. The van der Waals surface area contributed by atoms with Gasteiger partial charge in [0.2, 0.25) is 0 Å². The molecule has 0 bridgehead atoms. The van der Waals surface area contributed by atoms with E-state index in [1.165, 1.54) is 0 Å². The standard InChI is InChI=1S/C13H15Cl2N3/c1-9(16)4-11-6-17-18(8-11)7-10-2-3-12(14)13(15)5-10/h2-3,5-6,8-9H,4,7,16H2,1H3. The van der Waals surface area contributed by atoms with Crippen molar-refractivity contribution in [3.63, 3.8) is 0 Å². The second kappa shape index (κ2) is 5.74. The lowest BCUT2D eigenvalue weighted by molar-refractivity contribution is 0.684. The molecule has 0 spiro atoms. The van der Waals surface area contributed by atoms with Crippen molar-refractivity contribution in [1.82, 2.24) is 9.78 Å². The van der Waals surface area contributed by atoms with E-state index in [0.717, 1.165) is 17.5 Å². The molecule has 1 atom stereocenters. The third kappa shape index (κ3) is 3.48. The van der Waals surface area contributed by atoms with Gasteiger partial charge in [0.1, 0.15) is 0 Å². The summed E-state index contributed by atoms with van der Waals surface area (Å²) in [4.78, 5) is 0. The van der Waals surface area contributed by atoms with Gasteiger partial charge in [-0.2, -0.15) is 5.10 Å². The zero-order valence-corrected chi connectivity index (χ0v) is 11.6. The van der Waals surface area contributed by atoms with Crippen molar-refractivity contribution < 1.29 is 0 Å². The molecule has 0 saturated carbocycles. The van der Waals surface area contributed by atoms with Gasteiger partial charge in [0.05, 0.1) is 22.8 Å². The van der Waals surface area contributed by atoms with Gasteiger partial charge in [0.25, 0.3) is 0 Å². The van der Waals surface area contributed by atoms with Crippen molar-refractivity contribution >= 4 is 23.2 Å². The Bertz CT molecular complexity index is 535. The second-order valence-electron chi connectivity index (χ2n) is 4.48. The maximum absolute atomic E-state index is 5.98. The minimum absolute atomic E-state index is 0.146. The van der Waals surface area contributed by atoms with Crippen LogP contribution in [0.1, 0.15) is 18.1 Å². The summed E-state index contributed by atoms with van der Waals surface area (Å²) in [7, 11) is 0. The molecule has 0 radical (unpaired) electrons. The zero-order chi connectivity index (χ0) is 13.1. The molecule has 0 amide bonds. The third-order valence-corrected chi connectivity index (χ3v) is 3.31.